The first-order valence-electron chi connectivity index (χ1n) is 5.32. The molecule has 0 aromatic heterocycles. The second-order valence-electron chi connectivity index (χ2n) is 3.53. The molecule has 0 radical (unpaired) electrons. The number of amides is 1. The number of carbonyl (C=O) groups is 1. The summed E-state index contributed by atoms with van der Waals surface area (Å²) in [5, 5.41) is 0.306. The van der Waals surface area contributed by atoms with Crippen LogP contribution in [-0.4, -0.2) is 25.8 Å². The zero-order chi connectivity index (χ0) is 15.3. The quantitative estimate of drug-likeness (QED) is 0.272. The predicted octanol–water partition coefficient (Wildman–Crippen LogP) is -1.80. The van der Waals surface area contributed by atoms with Crippen molar-refractivity contribution < 1.29 is 19.7 Å². The van der Waals surface area contributed by atoms with Crippen LogP contribution in [0.1, 0.15) is 0 Å². The maximum Gasteiger partial charge on any atom is 0.421 e. The van der Waals surface area contributed by atoms with Gasteiger partial charge < -0.3 is 14.9 Å². The highest BCUT2D eigenvalue weighted by molar-refractivity contribution is 5.84. The number of methoxy groups -OCH3 is 2. The van der Waals surface area contributed by atoms with Gasteiger partial charge in [0.05, 0.1) is 14.2 Å². The largest absolute Gasteiger partial charge is 0.497 e. The van der Waals surface area contributed by atoms with Crippen molar-refractivity contribution in [2.45, 2.75) is 0 Å². The SMILES string of the molecule is COC(=O)NN.COc1ccc2c(=O)c(=O)c(=O)c2c1.O. The first-order valence-corrected chi connectivity index (χ1v) is 5.32. The first-order chi connectivity index (χ1) is 9.46. The summed E-state index contributed by atoms with van der Waals surface area (Å²) < 4.78 is 8.91. The van der Waals surface area contributed by atoms with E-state index < -0.39 is 22.4 Å². The molecular weight excluding hydrogens is 284 g/mol. The van der Waals surface area contributed by atoms with Gasteiger partial charge in [0.2, 0.25) is 10.9 Å². The molecule has 0 fully saturated rings. The molecule has 114 valence electrons. The number of rotatable bonds is 1. The molecule has 0 unspecified atom stereocenters. The number of benzene rings is 1. The topological polar surface area (TPSA) is 156 Å². The van der Waals surface area contributed by atoms with E-state index in [0.29, 0.717) is 5.75 Å². The molecule has 9 heteroatoms. The van der Waals surface area contributed by atoms with Gasteiger partial charge in [-0.3, -0.25) is 19.8 Å². The van der Waals surface area contributed by atoms with Gasteiger partial charge in [-0.15, -0.1) is 0 Å². The van der Waals surface area contributed by atoms with E-state index in [1.807, 2.05) is 0 Å². The number of hydrogen-bond acceptors (Lipinski definition) is 7. The standard InChI is InChI=1S/C10H6O4.C2H6N2O2.H2O/c1-14-5-2-3-6-7(4-5)9(12)10(13)8(6)11;1-6-2(5)4-3;/h2-4H,1H3;3H2,1H3,(H,4,5);1H2. The van der Waals surface area contributed by atoms with E-state index in [1.54, 1.807) is 11.5 Å². The minimum atomic E-state index is -0.965. The van der Waals surface area contributed by atoms with Crippen LogP contribution in [0.3, 0.4) is 0 Å². The zero-order valence-corrected chi connectivity index (χ0v) is 11.3. The molecule has 0 spiro atoms. The van der Waals surface area contributed by atoms with Gasteiger partial charge in [-0.1, -0.05) is 0 Å². The average Bonchev–Trinajstić information content (AvgIpc) is 2.71. The first kappa shape index (κ1) is 18.2. The summed E-state index contributed by atoms with van der Waals surface area (Å²) in [5.74, 6) is 5.02. The third-order valence-electron chi connectivity index (χ3n) is 2.43. The Hall–Kier alpha value is -2.78. The van der Waals surface area contributed by atoms with Crippen LogP contribution in [0, 0.1) is 0 Å². The van der Waals surface area contributed by atoms with Gasteiger partial charge in [-0.2, -0.15) is 0 Å². The molecule has 21 heavy (non-hydrogen) atoms. The lowest BCUT2D eigenvalue weighted by molar-refractivity contribution is 0.171. The van der Waals surface area contributed by atoms with E-state index in [9.17, 15) is 19.2 Å². The molecule has 1 amide bonds. The van der Waals surface area contributed by atoms with Gasteiger partial charge in [0.1, 0.15) is 5.75 Å². The summed E-state index contributed by atoms with van der Waals surface area (Å²) in [6.07, 6.45) is -0.630. The van der Waals surface area contributed by atoms with Crippen molar-refractivity contribution in [1.29, 1.82) is 0 Å². The van der Waals surface area contributed by atoms with E-state index in [4.69, 9.17) is 4.74 Å². The Balaban J connectivity index is 0.000000495. The molecule has 5 N–H and O–H groups in total. The highest BCUT2D eigenvalue weighted by Gasteiger charge is 2.12. The second kappa shape index (κ2) is 7.72. The number of hydrazine groups is 1. The van der Waals surface area contributed by atoms with Crippen molar-refractivity contribution in [2.75, 3.05) is 14.2 Å². The molecule has 2 aromatic rings. The Morgan fingerprint density at radius 1 is 1.05 bits per heavy atom. The van der Waals surface area contributed by atoms with Gasteiger partial charge in [0, 0.05) is 10.8 Å². The van der Waals surface area contributed by atoms with Crippen molar-refractivity contribution in [3.05, 3.63) is 48.9 Å². The average molecular weight is 298 g/mol. The van der Waals surface area contributed by atoms with Crippen molar-refractivity contribution in [1.82, 2.24) is 5.43 Å². The molecule has 0 atom stereocenters. The number of nitrogens with one attached hydrogen (secondary N) is 1. The minimum absolute atomic E-state index is 0. The zero-order valence-electron chi connectivity index (χ0n) is 11.3. The lowest BCUT2D eigenvalue weighted by Gasteiger charge is -1.96. The fourth-order valence-corrected chi connectivity index (χ4v) is 1.44. The van der Waals surface area contributed by atoms with Gasteiger partial charge >= 0.3 is 6.09 Å². The van der Waals surface area contributed by atoms with E-state index in [1.165, 1.54) is 26.4 Å². The lowest BCUT2D eigenvalue weighted by Crippen LogP contribution is -2.29. The van der Waals surface area contributed by atoms with Gasteiger partial charge in [-0.05, 0) is 18.2 Å². The summed E-state index contributed by atoms with van der Waals surface area (Å²) in [6, 6.07) is 4.38. The van der Waals surface area contributed by atoms with Crippen molar-refractivity contribution >= 4 is 16.9 Å². The summed E-state index contributed by atoms with van der Waals surface area (Å²) >= 11 is 0. The lowest BCUT2D eigenvalue weighted by atomic mass is 10.2. The van der Waals surface area contributed by atoms with E-state index in [0.717, 1.165) is 0 Å². The summed E-state index contributed by atoms with van der Waals surface area (Å²) in [6.45, 7) is 0. The molecule has 0 heterocycles. The Kier molecular flexibility index (Phi) is 6.70. The molecule has 0 saturated heterocycles. The molecular formula is C12H14N2O7. The molecule has 2 aromatic carbocycles. The van der Waals surface area contributed by atoms with Gasteiger partial charge in [0.15, 0.2) is 0 Å². The molecule has 0 aliphatic heterocycles. The van der Waals surface area contributed by atoms with Gasteiger partial charge in [-0.25, -0.2) is 10.6 Å². The fraction of sp³-hybridized carbons (Fsp3) is 0.167. The van der Waals surface area contributed by atoms with E-state index in [-0.39, 0.29) is 16.2 Å². The minimum Gasteiger partial charge on any atom is -0.497 e. The fourth-order valence-electron chi connectivity index (χ4n) is 1.44. The smallest absolute Gasteiger partial charge is 0.421 e. The third kappa shape index (κ3) is 3.84. The van der Waals surface area contributed by atoms with Crippen LogP contribution in [0.5, 0.6) is 5.75 Å². The Bertz CT molecular complexity index is 756. The van der Waals surface area contributed by atoms with Crippen molar-refractivity contribution in [3.63, 3.8) is 0 Å². The molecule has 0 aliphatic carbocycles. The number of ether oxygens (including phenoxy) is 2. The van der Waals surface area contributed by atoms with E-state index >= 15 is 0 Å². The van der Waals surface area contributed by atoms with Crippen molar-refractivity contribution in [3.8, 4) is 5.75 Å². The maximum atomic E-state index is 11.2. The Morgan fingerprint density at radius 3 is 2.05 bits per heavy atom. The van der Waals surface area contributed by atoms with Crippen LogP contribution in [0.2, 0.25) is 0 Å². The van der Waals surface area contributed by atoms with Crippen LogP contribution in [0.4, 0.5) is 4.79 Å². The molecule has 9 nitrogen and oxygen atoms in total. The van der Waals surface area contributed by atoms with Crippen LogP contribution < -0.4 is 32.3 Å². The van der Waals surface area contributed by atoms with Crippen LogP contribution in [0.25, 0.3) is 10.8 Å². The highest BCUT2D eigenvalue weighted by atomic mass is 16.5. The molecule has 0 saturated carbocycles. The normalized spacial score (nSPS) is 9.10. The maximum absolute atomic E-state index is 11.2. The number of nitrogens with two attached hydrogens (primary N) is 1. The van der Waals surface area contributed by atoms with Gasteiger partial charge in [0.25, 0.3) is 5.43 Å². The summed E-state index contributed by atoms with van der Waals surface area (Å²) in [5.41, 5.74) is -0.687. The highest BCUT2D eigenvalue weighted by Crippen LogP contribution is 2.14. The Morgan fingerprint density at radius 2 is 1.62 bits per heavy atom. The van der Waals surface area contributed by atoms with Crippen LogP contribution in [-0.2, 0) is 4.74 Å². The third-order valence-corrected chi connectivity index (χ3v) is 2.43. The van der Waals surface area contributed by atoms with Crippen molar-refractivity contribution in [2.24, 2.45) is 5.84 Å². The second-order valence-corrected chi connectivity index (χ2v) is 3.53. The molecule has 0 aliphatic rings. The molecule has 0 bridgehead atoms. The summed E-state index contributed by atoms with van der Waals surface area (Å²) in [4.78, 5) is 43.2. The Labute approximate surface area is 117 Å². The number of fused-ring (bicyclic) bond motifs is 1. The molecule has 2 rings (SSSR count). The predicted molar refractivity (Wildman–Crippen MR) is 75.0 cm³/mol. The monoisotopic (exact) mass is 298 g/mol. The number of carbonyl (C=O) groups excluding carboxylic acids is 1. The van der Waals surface area contributed by atoms with E-state index in [2.05, 4.69) is 10.6 Å². The van der Waals surface area contributed by atoms with Crippen LogP contribution >= 0.6 is 0 Å². The van der Waals surface area contributed by atoms with Crippen LogP contribution in [0.15, 0.2) is 32.6 Å². The number of hydrogen-bond donors (Lipinski definition) is 2. The summed E-state index contributed by atoms with van der Waals surface area (Å²) in [7, 11) is 2.69.